The quantitative estimate of drug-likeness (QED) is 0.508. The number of nitrogens with one attached hydrogen (secondary N) is 2. The van der Waals surface area contributed by atoms with Crippen molar-refractivity contribution >= 4 is 17.8 Å². The van der Waals surface area contributed by atoms with Crippen LogP contribution in [0.4, 0.5) is 22.4 Å². The molecule has 1 aromatic rings. The minimum atomic E-state index is -1.80. The van der Waals surface area contributed by atoms with Crippen molar-refractivity contribution in [2.75, 3.05) is 13.2 Å². The Morgan fingerprint density at radius 2 is 1.80 bits per heavy atom. The van der Waals surface area contributed by atoms with Crippen LogP contribution in [0.25, 0.3) is 0 Å². The van der Waals surface area contributed by atoms with Crippen molar-refractivity contribution in [2.24, 2.45) is 5.92 Å². The van der Waals surface area contributed by atoms with Crippen molar-refractivity contribution in [3.63, 3.8) is 0 Å². The molecule has 2 N–H and O–H groups in total. The third kappa shape index (κ3) is 6.07. The minimum Gasteiger partial charge on any atom is -0.479 e. The molecule has 2 atom stereocenters. The average molecular weight is 434 g/mol. The summed E-state index contributed by atoms with van der Waals surface area (Å²) < 4.78 is 63.7. The Labute approximate surface area is 170 Å². The van der Waals surface area contributed by atoms with E-state index in [9.17, 15) is 31.9 Å². The fraction of sp³-hybridized carbons (Fsp3) is 0.526. The summed E-state index contributed by atoms with van der Waals surface area (Å²) in [6, 6.07) is -1.29. The standard InChI is InChI=1S/C19H22F4N2O5/c1-19(2,3)30-18(28)25-12(6-9-4-5-24-17(9)27)13(26)8-29-16-14(22)10(20)7-11(21)15(16)23/h7,9,12H,4-6,8H2,1-3H3,(H,24,27)(H,25,28). The minimum absolute atomic E-state index is 0.00488. The number of halogens is 4. The largest absolute Gasteiger partial charge is 0.479 e. The summed E-state index contributed by atoms with van der Waals surface area (Å²) in [5.74, 6) is -10.1. The highest BCUT2D eigenvalue weighted by atomic mass is 19.2. The Morgan fingerprint density at radius 1 is 1.20 bits per heavy atom. The molecule has 0 saturated carbocycles. The first kappa shape index (κ1) is 23.4. The lowest BCUT2D eigenvalue weighted by atomic mass is 9.96. The lowest BCUT2D eigenvalue weighted by Crippen LogP contribution is -2.46. The van der Waals surface area contributed by atoms with Gasteiger partial charge in [-0.2, -0.15) is 8.78 Å². The van der Waals surface area contributed by atoms with Gasteiger partial charge in [0.05, 0.1) is 6.04 Å². The Bertz CT molecular complexity index is 815. The summed E-state index contributed by atoms with van der Waals surface area (Å²) in [4.78, 5) is 36.4. The molecule has 1 aliphatic heterocycles. The second-order valence-electron chi connectivity index (χ2n) is 7.76. The Hall–Kier alpha value is -2.85. The van der Waals surface area contributed by atoms with Gasteiger partial charge < -0.3 is 20.1 Å². The van der Waals surface area contributed by atoms with Crippen LogP contribution in [0.15, 0.2) is 6.07 Å². The highest BCUT2D eigenvalue weighted by Crippen LogP contribution is 2.26. The number of carbonyl (C=O) groups is 3. The van der Waals surface area contributed by atoms with Gasteiger partial charge in [-0.15, -0.1) is 0 Å². The summed E-state index contributed by atoms with van der Waals surface area (Å²) in [6.07, 6.45) is -0.651. The number of hydrogen-bond acceptors (Lipinski definition) is 5. The molecule has 11 heteroatoms. The number of rotatable bonds is 7. The second-order valence-corrected chi connectivity index (χ2v) is 7.76. The van der Waals surface area contributed by atoms with E-state index in [1.54, 1.807) is 20.8 Å². The van der Waals surface area contributed by atoms with Crippen LogP contribution in [0, 0.1) is 29.2 Å². The predicted octanol–water partition coefficient (Wildman–Crippen LogP) is 2.61. The van der Waals surface area contributed by atoms with Crippen molar-refractivity contribution < 1.29 is 41.4 Å². The van der Waals surface area contributed by atoms with E-state index in [0.29, 0.717) is 13.0 Å². The van der Waals surface area contributed by atoms with Gasteiger partial charge in [0, 0.05) is 18.5 Å². The SMILES string of the molecule is CC(C)(C)OC(=O)NC(CC1CCNC1=O)C(=O)COc1c(F)c(F)cc(F)c1F. The molecule has 7 nitrogen and oxygen atoms in total. The van der Waals surface area contributed by atoms with Crippen LogP contribution in [0.1, 0.15) is 33.6 Å². The monoisotopic (exact) mass is 434 g/mol. The molecule has 0 radical (unpaired) electrons. The van der Waals surface area contributed by atoms with Crippen LogP contribution in [0.2, 0.25) is 0 Å². The molecule has 0 spiro atoms. The summed E-state index contributed by atoms with van der Waals surface area (Å²) in [7, 11) is 0. The van der Waals surface area contributed by atoms with Crippen LogP contribution in [-0.4, -0.2) is 42.6 Å². The van der Waals surface area contributed by atoms with E-state index in [0.717, 1.165) is 0 Å². The van der Waals surface area contributed by atoms with Crippen molar-refractivity contribution in [1.29, 1.82) is 0 Å². The maximum absolute atomic E-state index is 13.7. The van der Waals surface area contributed by atoms with Crippen molar-refractivity contribution in [3.8, 4) is 5.75 Å². The van der Waals surface area contributed by atoms with Gasteiger partial charge in [-0.3, -0.25) is 9.59 Å². The fourth-order valence-electron chi connectivity index (χ4n) is 2.80. The number of ketones is 1. The molecule has 0 bridgehead atoms. The average Bonchev–Trinajstić information content (AvgIpc) is 3.02. The van der Waals surface area contributed by atoms with Gasteiger partial charge in [0.2, 0.25) is 17.5 Å². The van der Waals surface area contributed by atoms with Crippen LogP contribution in [0.3, 0.4) is 0 Å². The smallest absolute Gasteiger partial charge is 0.408 e. The number of benzene rings is 1. The van der Waals surface area contributed by atoms with Gasteiger partial charge in [0.15, 0.2) is 23.2 Å². The topological polar surface area (TPSA) is 93.7 Å². The van der Waals surface area contributed by atoms with Crippen molar-refractivity contribution in [3.05, 3.63) is 29.3 Å². The zero-order valence-corrected chi connectivity index (χ0v) is 16.6. The molecule has 166 valence electrons. The fourth-order valence-corrected chi connectivity index (χ4v) is 2.80. The normalized spacial score (nSPS) is 17.3. The summed E-state index contributed by atoms with van der Waals surface area (Å²) >= 11 is 0. The summed E-state index contributed by atoms with van der Waals surface area (Å²) in [5.41, 5.74) is -0.871. The lowest BCUT2D eigenvalue weighted by Gasteiger charge is -2.24. The zero-order valence-electron chi connectivity index (χ0n) is 16.6. The Kier molecular flexibility index (Phi) is 7.27. The predicted molar refractivity (Wildman–Crippen MR) is 95.7 cm³/mol. The molecule has 1 fully saturated rings. The first-order valence-electron chi connectivity index (χ1n) is 9.14. The number of carbonyl (C=O) groups excluding carboxylic acids is 3. The van der Waals surface area contributed by atoms with E-state index < -0.39 is 65.1 Å². The maximum atomic E-state index is 13.7. The van der Waals surface area contributed by atoms with E-state index in [1.165, 1.54) is 0 Å². The molecule has 2 amide bonds. The van der Waals surface area contributed by atoms with Gasteiger partial charge in [0.25, 0.3) is 0 Å². The lowest BCUT2D eigenvalue weighted by molar-refractivity contribution is -0.125. The molecule has 1 saturated heterocycles. The maximum Gasteiger partial charge on any atom is 0.408 e. The summed E-state index contributed by atoms with van der Waals surface area (Å²) in [5, 5.41) is 4.89. The molecule has 2 unspecified atom stereocenters. The molecule has 0 aliphatic carbocycles. The van der Waals surface area contributed by atoms with Crippen molar-refractivity contribution in [1.82, 2.24) is 10.6 Å². The van der Waals surface area contributed by atoms with Crippen molar-refractivity contribution in [2.45, 2.75) is 45.3 Å². The van der Waals surface area contributed by atoms with Crippen LogP contribution < -0.4 is 15.4 Å². The molecular weight excluding hydrogens is 412 g/mol. The molecular formula is C19H22F4N2O5. The van der Waals surface area contributed by atoms with Gasteiger partial charge in [-0.1, -0.05) is 0 Å². The highest BCUT2D eigenvalue weighted by Gasteiger charge is 2.33. The Balaban J connectivity index is 2.14. The number of hydrogen-bond donors (Lipinski definition) is 2. The molecule has 1 aliphatic rings. The molecule has 0 aromatic heterocycles. The number of Topliss-reactive ketones (excluding diaryl/α,β-unsaturated/α-hetero) is 1. The van der Waals surface area contributed by atoms with E-state index in [1.807, 2.05) is 0 Å². The Morgan fingerprint density at radius 3 is 2.30 bits per heavy atom. The number of ether oxygens (including phenoxy) is 2. The van der Waals surface area contributed by atoms with Gasteiger partial charge in [-0.05, 0) is 33.6 Å². The second kappa shape index (κ2) is 9.31. The molecule has 1 aromatic carbocycles. The van der Waals surface area contributed by atoms with E-state index in [-0.39, 0.29) is 18.4 Å². The number of alkyl carbamates (subject to hydrolysis) is 1. The van der Waals surface area contributed by atoms with Gasteiger partial charge in [0.1, 0.15) is 12.2 Å². The first-order chi connectivity index (χ1) is 13.9. The third-order valence-corrected chi connectivity index (χ3v) is 4.19. The third-order valence-electron chi connectivity index (χ3n) is 4.19. The molecule has 30 heavy (non-hydrogen) atoms. The number of amides is 2. The van der Waals surface area contributed by atoms with E-state index in [4.69, 9.17) is 4.74 Å². The van der Waals surface area contributed by atoms with E-state index >= 15 is 0 Å². The first-order valence-corrected chi connectivity index (χ1v) is 9.14. The van der Waals surface area contributed by atoms with E-state index in [2.05, 4.69) is 15.4 Å². The van der Waals surface area contributed by atoms with Crippen LogP contribution in [-0.2, 0) is 14.3 Å². The molecule has 1 heterocycles. The highest BCUT2D eigenvalue weighted by molar-refractivity contribution is 5.90. The summed E-state index contributed by atoms with van der Waals surface area (Å²) in [6.45, 7) is 4.18. The zero-order chi connectivity index (χ0) is 22.6. The van der Waals surface area contributed by atoms with Gasteiger partial charge in [-0.25, -0.2) is 13.6 Å². The van der Waals surface area contributed by atoms with Crippen LogP contribution in [0.5, 0.6) is 5.75 Å². The molecule has 2 rings (SSSR count). The van der Waals surface area contributed by atoms with Gasteiger partial charge >= 0.3 is 6.09 Å². The van der Waals surface area contributed by atoms with Crippen LogP contribution >= 0.6 is 0 Å².